The van der Waals surface area contributed by atoms with Gasteiger partial charge in [0.1, 0.15) is 5.75 Å². The lowest BCUT2D eigenvalue weighted by Gasteiger charge is -2.25. The highest BCUT2D eigenvalue weighted by Crippen LogP contribution is 2.34. The number of allylic oxidation sites excluding steroid dienone is 1. The van der Waals surface area contributed by atoms with Crippen molar-refractivity contribution in [1.82, 2.24) is 4.57 Å². The molecule has 1 atom stereocenters. The van der Waals surface area contributed by atoms with Crippen molar-refractivity contribution in [2.45, 2.75) is 13.0 Å². The summed E-state index contributed by atoms with van der Waals surface area (Å²) in [6.07, 6.45) is 1.52. The number of hydrogen-bond donors (Lipinski definition) is 2. The molecule has 1 aliphatic rings. The van der Waals surface area contributed by atoms with Crippen LogP contribution in [0.3, 0.4) is 0 Å². The van der Waals surface area contributed by atoms with Crippen LogP contribution in [0.15, 0.2) is 87.8 Å². The van der Waals surface area contributed by atoms with Gasteiger partial charge in [0.05, 0.1) is 37.4 Å². The molecule has 4 aromatic rings. The molecule has 40 heavy (non-hydrogen) atoms. The second-order valence-electron chi connectivity index (χ2n) is 8.81. The number of carbonyl (C=O) groups excluding carboxylic acids is 1. The van der Waals surface area contributed by atoms with Crippen molar-refractivity contribution in [1.29, 1.82) is 0 Å². The second-order valence-corrected chi connectivity index (χ2v) is 11.0. The van der Waals surface area contributed by atoms with Gasteiger partial charge in [-0.1, -0.05) is 41.7 Å². The number of anilines is 1. The monoisotopic (exact) mass is 668 g/mol. The Kier molecular flexibility index (Phi) is 7.54. The number of halogens is 1. The zero-order chi connectivity index (χ0) is 28.6. The standard InChI is InChI=1S/C28H21IN4O6S/c1-15-23(26(35)31-18-8-4-3-5-9-18)24(17-7-6-10-19(14-17)39-2)32-27(36)22(40-28(32)30-15)13-16-11-20(29)25(34)21(12-16)33(37)38/h3-14,24,34H,1-2H3,(H,31,35)/b22-13-/t24-/m0/s1. The van der Waals surface area contributed by atoms with Crippen molar-refractivity contribution in [3.05, 3.63) is 122 Å². The van der Waals surface area contributed by atoms with Crippen molar-refractivity contribution in [2.24, 2.45) is 4.99 Å². The molecule has 0 spiro atoms. The molecule has 0 saturated carbocycles. The summed E-state index contributed by atoms with van der Waals surface area (Å²) in [5.74, 6) is -0.284. The summed E-state index contributed by atoms with van der Waals surface area (Å²) in [6, 6.07) is 18.1. The second kappa shape index (κ2) is 11.1. The Bertz CT molecular complexity index is 1880. The minimum atomic E-state index is -0.813. The summed E-state index contributed by atoms with van der Waals surface area (Å²) in [7, 11) is 1.53. The largest absolute Gasteiger partial charge is 0.501 e. The van der Waals surface area contributed by atoms with Crippen LogP contribution in [0, 0.1) is 13.7 Å². The normalized spacial score (nSPS) is 14.9. The number of nitrogens with zero attached hydrogens (tertiary/aromatic N) is 3. The zero-order valence-electron chi connectivity index (χ0n) is 21.1. The molecule has 202 valence electrons. The quantitative estimate of drug-likeness (QED) is 0.181. The lowest BCUT2D eigenvalue weighted by Crippen LogP contribution is -2.40. The van der Waals surface area contributed by atoms with Crippen LogP contribution in [0.1, 0.15) is 24.1 Å². The van der Waals surface area contributed by atoms with Gasteiger partial charge >= 0.3 is 5.69 Å². The van der Waals surface area contributed by atoms with Gasteiger partial charge in [0.15, 0.2) is 4.80 Å². The smallest absolute Gasteiger partial charge is 0.312 e. The first-order valence-electron chi connectivity index (χ1n) is 11.9. The van der Waals surface area contributed by atoms with Crippen molar-refractivity contribution in [2.75, 3.05) is 12.4 Å². The number of fused-ring (bicyclic) bond motifs is 1. The molecule has 0 bridgehead atoms. The minimum Gasteiger partial charge on any atom is -0.501 e. The van der Waals surface area contributed by atoms with Crippen molar-refractivity contribution < 1.29 is 19.6 Å². The first-order valence-corrected chi connectivity index (χ1v) is 13.8. The van der Waals surface area contributed by atoms with Crippen molar-refractivity contribution in [3.8, 4) is 11.5 Å². The van der Waals surface area contributed by atoms with Gasteiger partial charge < -0.3 is 15.2 Å². The Labute approximate surface area is 244 Å². The zero-order valence-corrected chi connectivity index (χ0v) is 24.1. The van der Waals surface area contributed by atoms with Gasteiger partial charge in [-0.15, -0.1) is 0 Å². The maximum Gasteiger partial charge on any atom is 0.312 e. The molecule has 0 radical (unpaired) electrons. The molecule has 1 aliphatic heterocycles. The number of aromatic nitrogens is 1. The molecule has 1 aromatic heterocycles. The Hall–Kier alpha value is -4.30. The molecule has 10 nitrogen and oxygen atoms in total. The number of rotatable bonds is 6. The van der Waals surface area contributed by atoms with E-state index in [1.54, 1.807) is 78.0 Å². The number of nitrogens with one attached hydrogen (secondary N) is 1. The third-order valence-electron chi connectivity index (χ3n) is 6.27. The Morgan fingerprint density at radius 2 is 1.95 bits per heavy atom. The number of nitro benzene ring substituents is 1. The fourth-order valence-electron chi connectivity index (χ4n) is 4.44. The molecular weight excluding hydrogens is 647 g/mol. The lowest BCUT2D eigenvalue weighted by molar-refractivity contribution is -0.386. The van der Waals surface area contributed by atoms with Crippen molar-refractivity contribution >= 4 is 57.3 Å². The van der Waals surface area contributed by atoms with Gasteiger partial charge in [-0.25, -0.2) is 4.99 Å². The number of phenols is 1. The summed E-state index contributed by atoms with van der Waals surface area (Å²) in [5, 5.41) is 24.4. The van der Waals surface area contributed by atoms with Gasteiger partial charge in [-0.05, 0) is 77.0 Å². The van der Waals surface area contributed by atoms with Crippen LogP contribution in [0.25, 0.3) is 6.08 Å². The van der Waals surface area contributed by atoms with E-state index in [-0.39, 0.29) is 8.10 Å². The van der Waals surface area contributed by atoms with E-state index in [0.717, 1.165) is 11.3 Å². The number of carbonyl (C=O) groups is 1. The summed E-state index contributed by atoms with van der Waals surface area (Å²) in [4.78, 5) is 43.2. The van der Waals surface area contributed by atoms with E-state index in [9.17, 15) is 24.8 Å². The van der Waals surface area contributed by atoms with Crippen molar-refractivity contribution in [3.63, 3.8) is 0 Å². The van der Waals surface area contributed by atoms with Crippen LogP contribution in [-0.2, 0) is 4.79 Å². The van der Waals surface area contributed by atoms with Crippen LogP contribution in [0.5, 0.6) is 11.5 Å². The molecule has 0 unspecified atom stereocenters. The van der Waals surface area contributed by atoms with Crippen LogP contribution < -0.4 is 24.9 Å². The van der Waals surface area contributed by atoms with E-state index < -0.39 is 33.9 Å². The SMILES string of the molecule is COc1cccc([C@H]2C(C(=O)Nc3ccccc3)=C(C)N=c3s/c(=C\c4cc(I)c(O)c([N+](=O)[O-])c4)c(=O)n32)c1. The molecule has 0 saturated heterocycles. The predicted molar refractivity (Wildman–Crippen MR) is 159 cm³/mol. The molecule has 2 heterocycles. The average Bonchev–Trinajstić information content (AvgIpc) is 3.24. The number of ether oxygens (including phenoxy) is 1. The summed E-state index contributed by atoms with van der Waals surface area (Å²) in [6.45, 7) is 1.72. The average molecular weight is 668 g/mol. The Morgan fingerprint density at radius 1 is 1.20 bits per heavy atom. The minimum absolute atomic E-state index is 0.264. The summed E-state index contributed by atoms with van der Waals surface area (Å²) < 4.78 is 7.40. The molecule has 5 rings (SSSR count). The van der Waals surface area contributed by atoms with Crippen LogP contribution in [0.2, 0.25) is 0 Å². The van der Waals surface area contributed by atoms with Gasteiger partial charge in [0, 0.05) is 11.8 Å². The highest BCUT2D eigenvalue weighted by Gasteiger charge is 2.33. The summed E-state index contributed by atoms with van der Waals surface area (Å²) in [5.41, 5.74) is 1.48. The van der Waals surface area contributed by atoms with E-state index in [0.29, 0.717) is 38.6 Å². The first kappa shape index (κ1) is 27.3. The highest BCUT2D eigenvalue weighted by atomic mass is 127. The molecule has 1 amide bonds. The Balaban J connectivity index is 1.70. The molecule has 3 aromatic carbocycles. The lowest BCUT2D eigenvalue weighted by atomic mass is 9.95. The van der Waals surface area contributed by atoms with E-state index in [2.05, 4.69) is 10.3 Å². The summed E-state index contributed by atoms with van der Waals surface area (Å²) >= 11 is 2.91. The molecule has 0 aliphatic carbocycles. The number of thiazole rings is 1. The number of amides is 1. The number of para-hydroxylation sites is 1. The molecule has 12 heteroatoms. The number of phenolic OH excluding ortho intramolecular Hbond substituents is 1. The maximum atomic E-state index is 13.9. The van der Waals surface area contributed by atoms with Crippen LogP contribution in [-0.4, -0.2) is 27.6 Å². The third-order valence-corrected chi connectivity index (χ3v) is 8.07. The number of methoxy groups -OCH3 is 1. The third kappa shape index (κ3) is 5.14. The fraction of sp³-hybridized carbons (Fsp3) is 0.107. The fourth-order valence-corrected chi connectivity index (χ4v) is 6.12. The molecular formula is C28H21IN4O6S. The van der Waals surface area contributed by atoms with Gasteiger partial charge in [0.25, 0.3) is 11.5 Å². The van der Waals surface area contributed by atoms with Gasteiger partial charge in [-0.3, -0.25) is 24.3 Å². The number of hydrogen-bond acceptors (Lipinski definition) is 8. The van der Waals surface area contributed by atoms with Crippen LogP contribution >= 0.6 is 33.9 Å². The van der Waals surface area contributed by atoms with Gasteiger partial charge in [-0.2, -0.15) is 0 Å². The molecule has 0 fully saturated rings. The van der Waals surface area contributed by atoms with Gasteiger partial charge in [0.2, 0.25) is 5.75 Å². The van der Waals surface area contributed by atoms with Crippen LogP contribution in [0.4, 0.5) is 11.4 Å². The maximum absolute atomic E-state index is 13.9. The van der Waals surface area contributed by atoms with E-state index in [1.807, 2.05) is 12.1 Å². The molecule has 2 N–H and O–H groups in total. The van der Waals surface area contributed by atoms with E-state index >= 15 is 0 Å². The van der Waals surface area contributed by atoms with E-state index in [4.69, 9.17) is 4.74 Å². The first-order chi connectivity index (χ1) is 19.2. The highest BCUT2D eigenvalue weighted by molar-refractivity contribution is 14.1. The number of aromatic hydroxyl groups is 1. The number of benzene rings is 3. The predicted octanol–water partition coefficient (Wildman–Crippen LogP) is 4.10. The number of nitro groups is 1. The Morgan fingerprint density at radius 3 is 2.65 bits per heavy atom. The van der Waals surface area contributed by atoms with E-state index in [1.165, 1.54) is 23.8 Å². The topological polar surface area (TPSA) is 136 Å².